The largest absolute Gasteiger partial charge is 0.340 e. The Hall–Kier alpha value is -4.77. The van der Waals surface area contributed by atoms with Crippen LogP contribution in [0.5, 0.6) is 0 Å². The van der Waals surface area contributed by atoms with E-state index in [1.54, 1.807) is 24.3 Å². The molecular formula is C27H20N4O6S. The highest BCUT2D eigenvalue weighted by Gasteiger charge is 2.35. The van der Waals surface area contributed by atoms with E-state index in [1.165, 1.54) is 30.3 Å². The molecule has 5 rings (SSSR count). The molecule has 0 atom stereocenters. The Labute approximate surface area is 220 Å². The number of nitro benzene ring substituents is 2. The van der Waals surface area contributed by atoms with E-state index in [2.05, 4.69) is 4.57 Å². The number of non-ortho nitro benzene ring substituents is 2. The fourth-order valence-corrected chi connectivity index (χ4v) is 5.29. The molecular weight excluding hydrogens is 508 g/mol. The second-order valence-corrected chi connectivity index (χ2v) is 9.71. The van der Waals surface area contributed by atoms with Crippen molar-refractivity contribution < 1.29 is 19.4 Å². The molecule has 0 unspecified atom stereocenters. The lowest BCUT2D eigenvalue weighted by molar-refractivity contribution is -0.385. The highest BCUT2D eigenvalue weighted by Crippen LogP contribution is 2.36. The summed E-state index contributed by atoms with van der Waals surface area (Å²) in [7, 11) is 0. The number of aromatic nitrogens is 1. The van der Waals surface area contributed by atoms with E-state index in [-0.39, 0.29) is 22.8 Å². The van der Waals surface area contributed by atoms with E-state index >= 15 is 0 Å². The van der Waals surface area contributed by atoms with Crippen molar-refractivity contribution in [1.29, 1.82) is 0 Å². The van der Waals surface area contributed by atoms with Crippen LogP contribution in [0.15, 0.2) is 77.7 Å². The molecule has 0 aliphatic carbocycles. The first-order valence-corrected chi connectivity index (χ1v) is 12.3. The number of rotatable bonds is 7. The summed E-state index contributed by atoms with van der Waals surface area (Å²) < 4.78 is 2.07. The number of imide groups is 1. The number of benzene rings is 3. The van der Waals surface area contributed by atoms with Crippen LogP contribution in [0.1, 0.15) is 22.4 Å². The molecule has 1 fully saturated rings. The minimum atomic E-state index is -0.521. The molecule has 0 radical (unpaired) electrons. The summed E-state index contributed by atoms with van der Waals surface area (Å²) in [6.45, 7) is 2.32. The van der Waals surface area contributed by atoms with Crippen LogP contribution in [0.3, 0.4) is 0 Å². The van der Waals surface area contributed by atoms with Crippen molar-refractivity contribution in [2.24, 2.45) is 0 Å². The number of carbonyl (C=O) groups excluding carboxylic acids is 2. The van der Waals surface area contributed by atoms with Crippen LogP contribution >= 0.6 is 11.8 Å². The molecule has 0 N–H and O–H groups in total. The van der Waals surface area contributed by atoms with E-state index in [0.29, 0.717) is 12.1 Å². The number of thioether (sulfide) groups is 1. The van der Waals surface area contributed by atoms with Gasteiger partial charge in [0.2, 0.25) is 0 Å². The number of hydrogen-bond donors (Lipinski definition) is 0. The molecule has 10 nitrogen and oxygen atoms in total. The molecule has 2 amide bonds. The maximum absolute atomic E-state index is 13.2. The molecule has 38 heavy (non-hydrogen) atoms. The molecule has 190 valence electrons. The quantitative estimate of drug-likeness (QED) is 0.162. The Morgan fingerprint density at radius 2 is 1.55 bits per heavy atom. The number of nitro groups is 2. The zero-order valence-corrected chi connectivity index (χ0v) is 20.9. The number of carbonyl (C=O) groups is 2. The highest BCUT2D eigenvalue weighted by atomic mass is 32.2. The lowest BCUT2D eigenvalue weighted by Gasteiger charge is -2.12. The number of nitrogens with zero attached hydrogens (tertiary/aromatic N) is 4. The second kappa shape index (κ2) is 9.94. The van der Waals surface area contributed by atoms with E-state index in [0.717, 1.165) is 44.4 Å². The monoisotopic (exact) mass is 528 g/mol. The Balaban J connectivity index is 1.47. The molecule has 1 aliphatic heterocycles. The number of amides is 2. The molecule has 1 aromatic heterocycles. The van der Waals surface area contributed by atoms with Crippen molar-refractivity contribution in [3.8, 4) is 0 Å². The summed E-state index contributed by atoms with van der Waals surface area (Å²) in [5.41, 5.74) is 3.86. The topological polar surface area (TPSA) is 129 Å². The molecule has 4 aromatic rings. The molecule has 3 aromatic carbocycles. The van der Waals surface area contributed by atoms with Crippen molar-refractivity contribution in [1.82, 2.24) is 9.47 Å². The molecule has 0 saturated carbocycles. The summed E-state index contributed by atoms with van der Waals surface area (Å²) in [5, 5.41) is 22.5. The van der Waals surface area contributed by atoms with Crippen LogP contribution in [-0.4, -0.2) is 30.5 Å². The lowest BCUT2D eigenvalue weighted by atomic mass is 10.1. The maximum Gasteiger partial charge on any atom is 0.293 e. The summed E-state index contributed by atoms with van der Waals surface area (Å²) in [6, 6.07) is 19.9. The van der Waals surface area contributed by atoms with Crippen molar-refractivity contribution in [3.63, 3.8) is 0 Å². The first-order valence-electron chi connectivity index (χ1n) is 11.5. The first-order chi connectivity index (χ1) is 18.2. The summed E-state index contributed by atoms with van der Waals surface area (Å²) >= 11 is 0.833. The van der Waals surface area contributed by atoms with Gasteiger partial charge in [-0.05, 0) is 42.0 Å². The van der Waals surface area contributed by atoms with E-state index in [1.807, 2.05) is 31.2 Å². The van der Waals surface area contributed by atoms with Gasteiger partial charge in [-0.1, -0.05) is 42.5 Å². The molecule has 11 heteroatoms. The average Bonchev–Trinajstić information content (AvgIpc) is 3.32. The second-order valence-electron chi connectivity index (χ2n) is 8.72. The van der Waals surface area contributed by atoms with E-state index < -0.39 is 21.0 Å². The van der Waals surface area contributed by atoms with Crippen LogP contribution < -0.4 is 0 Å². The standard InChI is InChI=1S/C27H20N4O6S/c1-17-23(14-25-26(32)29(27(33)38-25)16-19-5-4-6-21(13-19)31(36)37)22-7-2-3-8-24(22)28(17)15-18-9-11-20(12-10-18)30(34)35/h2-14H,15-16H2,1H3/b25-14+. The van der Waals surface area contributed by atoms with Crippen LogP contribution in [0, 0.1) is 27.2 Å². The van der Waals surface area contributed by atoms with Gasteiger partial charge in [0.05, 0.1) is 21.3 Å². The number of para-hydroxylation sites is 1. The van der Waals surface area contributed by atoms with Gasteiger partial charge >= 0.3 is 0 Å². The van der Waals surface area contributed by atoms with Crippen molar-refractivity contribution in [3.05, 3.63) is 120 Å². The fraction of sp³-hybridized carbons (Fsp3) is 0.111. The van der Waals surface area contributed by atoms with Gasteiger partial charge in [-0.3, -0.25) is 34.7 Å². The Bertz CT molecular complexity index is 1660. The molecule has 0 bridgehead atoms. The first kappa shape index (κ1) is 24.9. The zero-order chi connectivity index (χ0) is 27.0. The van der Waals surface area contributed by atoms with Gasteiger partial charge in [0, 0.05) is 53.0 Å². The smallest absolute Gasteiger partial charge is 0.293 e. The van der Waals surface area contributed by atoms with Gasteiger partial charge in [-0.15, -0.1) is 0 Å². The third-order valence-corrected chi connectivity index (χ3v) is 7.29. The third kappa shape index (κ3) is 4.66. The van der Waals surface area contributed by atoms with Gasteiger partial charge < -0.3 is 4.57 Å². The van der Waals surface area contributed by atoms with Crippen molar-refractivity contribution >= 4 is 51.3 Å². The predicted molar refractivity (Wildman–Crippen MR) is 143 cm³/mol. The van der Waals surface area contributed by atoms with Crippen molar-refractivity contribution in [2.45, 2.75) is 20.0 Å². The number of fused-ring (bicyclic) bond motifs is 1. The average molecular weight is 529 g/mol. The minimum Gasteiger partial charge on any atom is -0.340 e. The third-order valence-electron chi connectivity index (χ3n) is 6.38. The Morgan fingerprint density at radius 3 is 2.26 bits per heavy atom. The lowest BCUT2D eigenvalue weighted by Crippen LogP contribution is -2.27. The van der Waals surface area contributed by atoms with Gasteiger partial charge in [-0.2, -0.15) is 0 Å². The van der Waals surface area contributed by atoms with E-state index in [9.17, 15) is 29.8 Å². The molecule has 2 heterocycles. The van der Waals surface area contributed by atoms with Crippen LogP contribution in [0.25, 0.3) is 17.0 Å². The van der Waals surface area contributed by atoms with E-state index in [4.69, 9.17) is 0 Å². The highest BCUT2D eigenvalue weighted by molar-refractivity contribution is 8.18. The normalized spacial score (nSPS) is 14.6. The summed E-state index contributed by atoms with van der Waals surface area (Å²) in [4.78, 5) is 48.4. The Morgan fingerprint density at radius 1 is 0.842 bits per heavy atom. The SMILES string of the molecule is Cc1c(/C=C2/SC(=O)N(Cc3cccc([N+](=O)[O-])c3)C2=O)c2ccccc2n1Cc1ccc([N+](=O)[O-])cc1. The van der Waals surface area contributed by atoms with Gasteiger partial charge in [0.25, 0.3) is 22.5 Å². The maximum atomic E-state index is 13.2. The predicted octanol–water partition coefficient (Wildman–Crippen LogP) is 6.05. The molecule has 0 spiro atoms. The Kier molecular flexibility index (Phi) is 6.52. The van der Waals surface area contributed by atoms with Crippen LogP contribution in [-0.2, 0) is 17.9 Å². The zero-order valence-electron chi connectivity index (χ0n) is 20.1. The molecule has 1 saturated heterocycles. The van der Waals surface area contributed by atoms with Gasteiger partial charge in [0.15, 0.2) is 0 Å². The van der Waals surface area contributed by atoms with Crippen LogP contribution in [0.2, 0.25) is 0 Å². The van der Waals surface area contributed by atoms with Crippen LogP contribution in [0.4, 0.5) is 16.2 Å². The number of hydrogen-bond acceptors (Lipinski definition) is 7. The minimum absolute atomic E-state index is 0.0179. The summed E-state index contributed by atoms with van der Waals surface area (Å²) in [5.74, 6) is -0.460. The van der Waals surface area contributed by atoms with Crippen molar-refractivity contribution in [2.75, 3.05) is 0 Å². The summed E-state index contributed by atoms with van der Waals surface area (Å²) in [6.07, 6.45) is 1.71. The molecule has 1 aliphatic rings. The van der Waals surface area contributed by atoms with Gasteiger partial charge in [0.1, 0.15) is 0 Å². The van der Waals surface area contributed by atoms with Gasteiger partial charge in [-0.25, -0.2) is 0 Å². The fourth-order valence-electron chi connectivity index (χ4n) is 4.47.